The van der Waals surface area contributed by atoms with Crippen molar-refractivity contribution in [1.82, 2.24) is 4.90 Å². The minimum atomic E-state index is -2.76. The third kappa shape index (κ3) is 4.37. The molecule has 1 aromatic rings. The first-order valence-corrected chi connectivity index (χ1v) is 10.4. The van der Waals surface area contributed by atoms with Gasteiger partial charge in [-0.25, -0.2) is 13.2 Å². The summed E-state index contributed by atoms with van der Waals surface area (Å²) >= 11 is 0. The molecule has 0 atom stereocenters. The van der Waals surface area contributed by atoms with Crippen LogP contribution in [0.3, 0.4) is 0 Å². The summed E-state index contributed by atoms with van der Waals surface area (Å²) in [4.78, 5) is 15.1. The first-order chi connectivity index (χ1) is 13.3. The topological polar surface area (TPSA) is 32.3 Å². The molecule has 154 valence electrons. The highest BCUT2D eigenvalue weighted by molar-refractivity contribution is 5.92. The van der Waals surface area contributed by atoms with Gasteiger partial charge in [-0.15, -0.1) is 0 Å². The summed E-state index contributed by atoms with van der Waals surface area (Å²) in [5.41, 5.74) is 0.666. The van der Waals surface area contributed by atoms with Crippen molar-refractivity contribution in [1.29, 1.82) is 0 Å². The van der Waals surface area contributed by atoms with E-state index >= 15 is 0 Å². The number of carbonyl (C=O) groups is 1. The molecule has 28 heavy (non-hydrogen) atoms. The highest BCUT2D eigenvalue weighted by Crippen LogP contribution is 2.50. The number of hydrogen-bond acceptors (Lipinski definition) is 2. The Kier molecular flexibility index (Phi) is 5.19. The Morgan fingerprint density at radius 3 is 2.46 bits per heavy atom. The second-order valence-corrected chi connectivity index (χ2v) is 9.61. The summed E-state index contributed by atoms with van der Waals surface area (Å²) in [6.45, 7) is 5.83. The van der Waals surface area contributed by atoms with E-state index in [9.17, 15) is 18.0 Å². The normalized spacial score (nSPS) is 23.6. The van der Waals surface area contributed by atoms with Crippen LogP contribution in [0.1, 0.15) is 63.9 Å². The van der Waals surface area contributed by atoms with Gasteiger partial charge in [-0.2, -0.15) is 0 Å². The average molecular weight is 394 g/mol. The first-order valence-electron chi connectivity index (χ1n) is 10.4. The van der Waals surface area contributed by atoms with Crippen molar-refractivity contribution >= 4 is 11.6 Å². The molecule has 1 saturated heterocycles. The first kappa shape index (κ1) is 19.7. The zero-order chi connectivity index (χ0) is 19.9. The fraction of sp³-hybridized carbons (Fsp3) is 0.682. The lowest BCUT2D eigenvalue weighted by atomic mass is 9.65. The molecule has 0 aromatic heterocycles. The Bertz CT molecular complexity index is 731. The van der Waals surface area contributed by atoms with Crippen LogP contribution in [0.5, 0.6) is 0 Å². The van der Waals surface area contributed by atoms with Gasteiger partial charge in [0.15, 0.2) is 0 Å². The fourth-order valence-corrected chi connectivity index (χ4v) is 4.82. The number of amides is 1. The van der Waals surface area contributed by atoms with Crippen LogP contribution in [0.4, 0.5) is 18.9 Å². The van der Waals surface area contributed by atoms with E-state index in [1.165, 1.54) is 25.8 Å². The van der Waals surface area contributed by atoms with E-state index in [1.807, 2.05) is 0 Å². The number of hydrogen-bond donors (Lipinski definition) is 1. The monoisotopic (exact) mass is 394 g/mol. The van der Waals surface area contributed by atoms with E-state index in [1.54, 1.807) is 0 Å². The molecule has 1 amide bonds. The summed E-state index contributed by atoms with van der Waals surface area (Å²) < 4.78 is 39.2. The summed E-state index contributed by atoms with van der Waals surface area (Å²) in [6, 6.07) is 3.05. The molecule has 3 nitrogen and oxygen atoms in total. The van der Waals surface area contributed by atoms with Crippen LogP contribution in [0.2, 0.25) is 0 Å². The molecule has 1 spiro atoms. The van der Waals surface area contributed by atoms with Crippen molar-refractivity contribution in [2.24, 2.45) is 16.7 Å². The van der Waals surface area contributed by atoms with Gasteiger partial charge >= 0.3 is 0 Å². The molecule has 1 aromatic carbocycles. The molecule has 1 heterocycles. The van der Waals surface area contributed by atoms with Crippen LogP contribution in [0.25, 0.3) is 0 Å². The number of carbonyl (C=O) groups excluding carboxylic acids is 1. The Balaban J connectivity index is 1.25. The number of likely N-dealkylation sites (tertiary alicyclic amines) is 1. The summed E-state index contributed by atoms with van der Waals surface area (Å²) in [6.07, 6.45) is 4.96. The Labute approximate surface area is 164 Å². The fourth-order valence-electron chi connectivity index (χ4n) is 4.82. The van der Waals surface area contributed by atoms with Crippen molar-refractivity contribution < 1.29 is 18.0 Å². The van der Waals surface area contributed by atoms with E-state index in [0.717, 1.165) is 57.0 Å². The minimum Gasteiger partial charge on any atom is -0.326 e. The van der Waals surface area contributed by atoms with Crippen molar-refractivity contribution in [3.63, 3.8) is 0 Å². The summed E-state index contributed by atoms with van der Waals surface area (Å²) in [7, 11) is 0. The molecule has 4 rings (SSSR count). The van der Waals surface area contributed by atoms with Gasteiger partial charge in [0.05, 0.1) is 0 Å². The molecule has 3 fully saturated rings. The molecule has 2 saturated carbocycles. The van der Waals surface area contributed by atoms with Gasteiger partial charge in [0.1, 0.15) is 5.82 Å². The summed E-state index contributed by atoms with van der Waals surface area (Å²) in [5, 5.41) is 2.64. The third-order valence-electron chi connectivity index (χ3n) is 7.11. The van der Waals surface area contributed by atoms with Gasteiger partial charge in [-0.1, -0.05) is 6.92 Å². The van der Waals surface area contributed by atoms with Crippen molar-refractivity contribution in [2.75, 3.05) is 25.0 Å². The molecule has 2 aliphatic carbocycles. The number of nitrogens with one attached hydrogen (secondary N) is 1. The second kappa shape index (κ2) is 7.36. The van der Waals surface area contributed by atoms with Crippen LogP contribution < -0.4 is 5.32 Å². The second-order valence-electron chi connectivity index (χ2n) is 9.61. The largest absolute Gasteiger partial charge is 0.326 e. The molecule has 3 aliphatic rings. The molecule has 0 unspecified atom stereocenters. The quantitative estimate of drug-likeness (QED) is 0.702. The number of halogens is 3. The van der Waals surface area contributed by atoms with Crippen LogP contribution in [-0.4, -0.2) is 30.4 Å². The standard InChI is InChI=1S/C22H29F3N2O/c1-21(6-7-21)8-9-27-13-22(14-27)4-2-15(3-5-22)20(28)26-18-11-16(19(24)25)10-17(23)12-18/h10-12,15,19H,2-9,13-14H2,1H3,(H,26,28). The lowest BCUT2D eigenvalue weighted by Crippen LogP contribution is -2.58. The van der Waals surface area contributed by atoms with Crippen LogP contribution in [0, 0.1) is 22.6 Å². The highest BCUT2D eigenvalue weighted by Gasteiger charge is 2.47. The maximum atomic E-state index is 13.5. The molecule has 1 N–H and O–H groups in total. The van der Waals surface area contributed by atoms with Crippen LogP contribution >= 0.6 is 0 Å². The van der Waals surface area contributed by atoms with Gasteiger partial charge < -0.3 is 10.2 Å². The molecule has 0 radical (unpaired) electrons. The lowest BCUT2D eigenvalue weighted by Gasteiger charge is -2.53. The Morgan fingerprint density at radius 1 is 1.18 bits per heavy atom. The number of alkyl halides is 2. The molecule has 1 aliphatic heterocycles. The maximum Gasteiger partial charge on any atom is 0.264 e. The van der Waals surface area contributed by atoms with Gasteiger partial charge in [-0.3, -0.25) is 4.79 Å². The average Bonchev–Trinajstić information content (AvgIpc) is 3.35. The minimum absolute atomic E-state index is 0.115. The Morgan fingerprint density at radius 2 is 1.86 bits per heavy atom. The predicted molar refractivity (Wildman–Crippen MR) is 103 cm³/mol. The predicted octanol–water partition coefficient (Wildman–Crippen LogP) is 5.38. The van der Waals surface area contributed by atoms with Gasteiger partial charge in [0.25, 0.3) is 6.43 Å². The van der Waals surface area contributed by atoms with Crippen molar-refractivity contribution in [3.8, 4) is 0 Å². The SMILES string of the molecule is CC1(CCN2CC3(CCC(C(=O)Nc4cc(F)cc(C(F)F)c4)CC3)C2)CC1. The third-order valence-corrected chi connectivity index (χ3v) is 7.11. The van der Waals surface area contributed by atoms with Crippen LogP contribution in [-0.2, 0) is 4.79 Å². The van der Waals surface area contributed by atoms with Gasteiger partial charge in [-0.05, 0) is 80.5 Å². The number of nitrogens with zero attached hydrogens (tertiary/aromatic N) is 1. The smallest absolute Gasteiger partial charge is 0.264 e. The van der Waals surface area contributed by atoms with Crippen molar-refractivity contribution in [3.05, 3.63) is 29.6 Å². The maximum absolute atomic E-state index is 13.5. The van der Waals surface area contributed by atoms with Crippen molar-refractivity contribution in [2.45, 2.75) is 58.3 Å². The van der Waals surface area contributed by atoms with E-state index in [0.29, 0.717) is 10.8 Å². The molecule has 6 heteroatoms. The van der Waals surface area contributed by atoms with Gasteiger partial charge in [0, 0.05) is 30.3 Å². The number of rotatable bonds is 6. The van der Waals surface area contributed by atoms with E-state index in [-0.39, 0.29) is 17.5 Å². The molecule has 0 bridgehead atoms. The molecular weight excluding hydrogens is 365 g/mol. The van der Waals surface area contributed by atoms with E-state index in [4.69, 9.17) is 0 Å². The summed E-state index contributed by atoms with van der Waals surface area (Å²) in [5.74, 6) is -1.06. The highest BCUT2D eigenvalue weighted by atomic mass is 19.3. The van der Waals surface area contributed by atoms with E-state index in [2.05, 4.69) is 17.1 Å². The zero-order valence-corrected chi connectivity index (χ0v) is 16.4. The molecular formula is C22H29F3N2O. The number of anilines is 1. The lowest BCUT2D eigenvalue weighted by molar-refractivity contribution is -0.123. The zero-order valence-electron chi connectivity index (χ0n) is 16.4. The number of benzene rings is 1. The van der Waals surface area contributed by atoms with Gasteiger partial charge in [0.2, 0.25) is 5.91 Å². The van der Waals surface area contributed by atoms with E-state index < -0.39 is 17.8 Å². The van der Waals surface area contributed by atoms with Crippen LogP contribution in [0.15, 0.2) is 18.2 Å². The Hall–Kier alpha value is -1.56.